The molecule has 60 valence electrons. The van der Waals surface area contributed by atoms with Crippen molar-refractivity contribution in [2.75, 3.05) is 26.2 Å². The van der Waals surface area contributed by atoms with E-state index in [9.17, 15) is 0 Å². The highest BCUT2D eigenvalue weighted by Crippen LogP contribution is 2.13. The van der Waals surface area contributed by atoms with Gasteiger partial charge in [-0.25, -0.2) is 0 Å². The molecule has 0 spiro atoms. The quantitative estimate of drug-likeness (QED) is 0.604. The van der Waals surface area contributed by atoms with E-state index >= 15 is 0 Å². The van der Waals surface area contributed by atoms with Gasteiger partial charge in [-0.15, -0.1) is 12.4 Å². The van der Waals surface area contributed by atoms with Crippen molar-refractivity contribution in [1.29, 1.82) is 0 Å². The predicted octanol–water partition coefficient (Wildman–Crippen LogP) is 0.476. The second-order valence-corrected chi connectivity index (χ2v) is 3.06. The Kier molecular flexibility index (Phi) is 2.96. The summed E-state index contributed by atoms with van der Waals surface area (Å²) in [6, 6.07) is 0.896. The van der Waals surface area contributed by atoms with E-state index < -0.39 is 0 Å². The molecule has 2 heterocycles. The number of nitrogens with zero attached hydrogens (tertiary/aromatic N) is 1. The molecule has 2 rings (SSSR count). The average Bonchev–Trinajstić information content (AvgIpc) is 2.11. The Balaban J connectivity index is 0.000000500. The SMILES string of the molecule is C1CCN(C2CNC2)C1.Cl. The Labute approximate surface area is 68.4 Å². The van der Waals surface area contributed by atoms with Crippen molar-refractivity contribution in [3.05, 3.63) is 0 Å². The third kappa shape index (κ3) is 1.44. The lowest BCUT2D eigenvalue weighted by molar-refractivity contribution is 0.180. The zero-order valence-corrected chi connectivity index (χ0v) is 6.99. The summed E-state index contributed by atoms with van der Waals surface area (Å²) in [5, 5.41) is 3.30. The molecule has 2 saturated heterocycles. The zero-order chi connectivity index (χ0) is 6.10. The van der Waals surface area contributed by atoms with E-state index in [1.165, 1.54) is 39.0 Å². The summed E-state index contributed by atoms with van der Waals surface area (Å²) >= 11 is 0. The van der Waals surface area contributed by atoms with Crippen molar-refractivity contribution in [3.63, 3.8) is 0 Å². The minimum Gasteiger partial charge on any atom is -0.314 e. The van der Waals surface area contributed by atoms with E-state index in [-0.39, 0.29) is 12.4 Å². The molecule has 0 bridgehead atoms. The van der Waals surface area contributed by atoms with E-state index in [0.29, 0.717) is 0 Å². The second-order valence-electron chi connectivity index (χ2n) is 3.06. The lowest BCUT2D eigenvalue weighted by Crippen LogP contribution is -2.56. The van der Waals surface area contributed by atoms with Crippen molar-refractivity contribution in [2.45, 2.75) is 18.9 Å². The second kappa shape index (κ2) is 3.56. The van der Waals surface area contributed by atoms with Gasteiger partial charge in [-0.3, -0.25) is 4.90 Å². The topological polar surface area (TPSA) is 15.3 Å². The van der Waals surface area contributed by atoms with Crippen molar-refractivity contribution in [1.82, 2.24) is 10.2 Å². The van der Waals surface area contributed by atoms with Crippen LogP contribution in [0.2, 0.25) is 0 Å². The van der Waals surface area contributed by atoms with Gasteiger partial charge in [0, 0.05) is 19.1 Å². The molecule has 0 radical (unpaired) electrons. The van der Waals surface area contributed by atoms with Crippen LogP contribution in [0.15, 0.2) is 0 Å². The third-order valence-corrected chi connectivity index (χ3v) is 2.42. The lowest BCUT2D eigenvalue weighted by Gasteiger charge is -2.35. The fraction of sp³-hybridized carbons (Fsp3) is 1.00. The molecule has 1 N–H and O–H groups in total. The largest absolute Gasteiger partial charge is 0.314 e. The number of likely N-dealkylation sites (tertiary alicyclic amines) is 1. The maximum atomic E-state index is 3.30. The number of nitrogens with one attached hydrogen (secondary N) is 1. The molecule has 3 heteroatoms. The minimum absolute atomic E-state index is 0. The standard InChI is InChI=1S/C7H14N2.ClH/c1-2-4-9(3-1)7-5-8-6-7;/h7-8H,1-6H2;1H. The van der Waals surface area contributed by atoms with Crippen molar-refractivity contribution in [2.24, 2.45) is 0 Å². The molecule has 0 amide bonds. The molecule has 2 fully saturated rings. The van der Waals surface area contributed by atoms with Crippen molar-refractivity contribution < 1.29 is 0 Å². The van der Waals surface area contributed by atoms with Gasteiger partial charge in [0.15, 0.2) is 0 Å². The molecule has 0 aliphatic carbocycles. The van der Waals surface area contributed by atoms with Gasteiger partial charge in [0.05, 0.1) is 0 Å². The first-order chi connectivity index (χ1) is 4.47. The first-order valence-corrected chi connectivity index (χ1v) is 3.91. The van der Waals surface area contributed by atoms with E-state index in [0.717, 1.165) is 6.04 Å². The molecular weight excluding hydrogens is 148 g/mol. The van der Waals surface area contributed by atoms with E-state index in [1.807, 2.05) is 0 Å². The van der Waals surface area contributed by atoms with Gasteiger partial charge in [0.2, 0.25) is 0 Å². The predicted molar refractivity (Wildman–Crippen MR) is 44.7 cm³/mol. The zero-order valence-electron chi connectivity index (χ0n) is 6.18. The first-order valence-electron chi connectivity index (χ1n) is 3.91. The van der Waals surface area contributed by atoms with Gasteiger partial charge in [0.1, 0.15) is 0 Å². The Hall–Kier alpha value is 0.210. The van der Waals surface area contributed by atoms with Gasteiger partial charge in [0.25, 0.3) is 0 Å². The molecule has 10 heavy (non-hydrogen) atoms. The maximum Gasteiger partial charge on any atom is 0.0345 e. The van der Waals surface area contributed by atoms with Crippen LogP contribution in [0.25, 0.3) is 0 Å². The Morgan fingerprint density at radius 3 is 2.10 bits per heavy atom. The summed E-state index contributed by atoms with van der Waals surface area (Å²) in [4.78, 5) is 2.61. The van der Waals surface area contributed by atoms with Crippen molar-refractivity contribution in [3.8, 4) is 0 Å². The smallest absolute Gasteiger partial charge is 0.0345 e. The molecule has 2 nitrogen and oxygen atoms in total. The highest BCUT2D eigenvalue weighted by atomic mass is 35.5. The van der Waals surface area contributed by atoms with Crippen LogP contribution >= 0.6 is 12.4 Å². The first kappa shape index (κ1) is 8.31. The summed E-state index contributed by atoms with van der Waals surface area (Å²) in [5.41, 5.74) is 0. The summed E-state index contributed by atoms with van der Waals surface area (Å²) in [6.07, 6.45) is 2.85. The maximum absolute atomic E-state index is 3.30. The van der Waals surface area contributed by atoms with E-state index in [4.69, 9.17) is 0 Å². The Morgan fingerprint density at radius 2 is 1.70 bits per heavy atom. The molecule has 0 aromatic rings. The summed E-state index contributed by atoms with van der Waals surface area (Å²) < 4.78 is 0. The average molecular weight is 163 g/mol. The van der Waals surface area contributed by atoms with Crippen molar-refractivity contribution >= 4 is 12.4 Å². The molecular formula is C7H15ClN2. The molecule has 0 saturated carbocycles. The Bertz CT molecular complexity index is 97.8. The molecule has 0 aromatic heterocycles. The molecule has 2 aliphatic rings. The van der Waals surface area contributed by atoms with Crippen LogP contribution < -0.4 is 5.32 Å². The summed E-state index contributed by atoms with van der Waals surface area (Å²) in [6.45, 7) is 5.18. The third-order valence-electron chi connectivity index (χ3n) is 2.42. The van der Waals surface area contributed by atoms with Crippen LogP contribution in [0.4, 0.5) is 0 Å². The minimum atomic E-state index is 0. The van der Waals surface area contributed by atoms with Crippen LogP contribution in [0.3, 0.4) is 0 Å². The van der Waals surface area contributed by atoms with Gasteiger partial charge >= 0.3 is 0 Å². The molecule has 0 unspecified atom stereocenters. The van der Waals surface area contributed by atoms with Gasteiger partial charge < -0.3 is 5.32 Å². The fourth-order valence-electron chi connectivity index (χ4n) is 1.64. The van der Waals surface area contributed by atoms with Crippen LogP contribution in [-0.4, -0.2) is 37.1 Å². The number of hydrogen-bond donors (Lipinski definition) is 1. The van der Waals surface area contributed by atoms with Crippen LogP contribution in [0.5, 0.6) is 0 Å². The summed E-state index contributed by atoms with van der Waals surface area (Å²) in [7, 11) is 0. The van der Waals surface area contributed by atoms with Gasteiger partial charge in [-0.2, -0.15) is 0 Å². The highest BCUT2D eigenvalue weighted by Gasteiger charge is 2.25. The number of rotatable bonds is 1. The normalized spacial score (nSPS) is 27.6. The fourth-order valence-corrected chi connectivity index (χ4v) is 1.64. The van der Waals surface area contributed by atoms with Crippen LogP contribution in [-0.2, 0) is 0 Å². The molecule has 0 aromatic carbocycles. The van der Waals surface area contributed by atoms with E-state index in [1.54, 1.807) is 0 Å². The van der Waals surface area contributed by atoms with Crippen LogP contribution in [0.1, 0.15) is 12.8 Å². The monoisotopic (exact) mass is 162 g/mol. The molecule has 0 atom stereocenters. The lowest BCUT2D eigenvalue weighted by atomic mass is 10.1. The number of halogens is 1. The highest BCUT2D eigenvalue weighted by molar-refractivity contribution is 5.85. The van der Waals surface area contributed by atoms with E-state index in [2.05, 4.69) is 10.2 Å². The van der Waals surface area contributed by atoms with Crippen LogP contribution in [0, 0.1) is 0 Å². The van der Waals surface area contributed by atoms with Gasteiger partial charge in [-0.05, 0) is 25.9 Å². The summed E-state index contributed by atoms with van der Waals surface area (Å²) in [5.74, 6) is 0. The number of hydrogen-bond acceptors (Lipinski definition) is 2. The molecule has 2 aliphatic heterocycles. The van der Waals surface area contributed by atoms with Gasteiger partial charge in [-0.1, -0.05) is 0 Å². The Morgan fingerprint density at radius 1 is 1.10 bits per heavy atom.